The molecule has 0 saturated heterocycles. The van der Waals surface area contributed by atoms with Crippen LogP contribution in [0.25, 0.3) is 21.5 Å². The van der Waals surface area contributed by atoms with Gasteiger partial charge in [-0.2, -0.15) is 0 Å². The maximum Gasteiger partial charge on any atom is 0.265 e. The Labute approximate surface area is 142 Å². The van der Waals surface area contributed by atoms with E-state index < -0.39 is 5.66 Å². The summed E-state index contributed by atoms with van der Waals surface area (Å²) in [5.41, 5.74) is 2.88. The number of carbonyl (C=O) groups excluding carboxylic acids is 1. The maximum absolute atomic E-state index is 12.6. The lowest BCUT2D eigenvalue weighted by Crippen LogP contribution is -2.61. The molecule has 6 nitrogen and oxygen atoms in total. The van der Waals surface area contributed by atoms with E-state index in [-0.39, 0.29) is 5.91 Å². The van der Waals surface area contributed by atoms with E-state index in [1.807, 2.05) is 26.0 Å². The quantitative estimate of drug-likeness (QED) is 0.736. The van der Waals surface area contributed by atoms with Gasteiger partial charge in [0.05, 0.1) is 17.7 Å². The van der Waals surface area contributed by atoms with Gasteiger partial charge in [0.15, 0.2) is 11.3 Å². The lowest BCUT2D eigenvalue weighted by molar-refractivity contribution is 0.0895. The van der Waals surface area contributed by atoms with Crippen LogP contribution in [0.5, 0.6) is 5.75 Å². The van der Waals surface area contributed by atoms with Gasteiger partial charge in [-0.15, -0.1) is 11.3 Å². The van der Waals surface area contributed by atoms with Crippen molar-refractivity contribution >= 4 is 34.0 Å². The number of furan rings is 1. The van der Waals surface area contributed by atoms with Gasteiger partial charge in [0.1, 0.15) is 28.4 Å². The predicted octanol–water partition coefficient (Wildman–Crippen LogP) is 3.23. The number of ether oxygens (including phenoxy) is 1. The topological polar surface area (TPSA) is 67.6 Å². The molecule has 0 atom stereocenters. The number of hydrogen-bond acceptors (Lipinski definition) is 6. The molecule has 1 amide bonds. The van der Waals surface area contributed by atoms with Gasteiger partial charge in [-0.25, -0.2) is 0 Å². The monoisotopic (exact) mass is 341 g/mol. The second-order valence-corrected chi connectivity index (χ2v) is 7.47. The molecule has 0 aromatic carbocycles. The van der Waals surface area contributed by atoms with Crippen LogP contribution in [0.1, 0.15) is 23.5 Å². The van der Waals surface area contributed by atoms with Crippen molar-refractivity contribution in [2.24, 2.45) is 0 Å². The second-order valence-electron chi connectivity index (χ2n) is 6.44. The van der Waals surface area contributed by atoms with Crippen LogP contribution in [0.4, 0.5) is 5.69 Å². The maximum atomic E-state index is 12.6. The highest BCUT2D eigenvalue weighted by molar-refractivity contribution is 7.18. The molecule has 2 aliphatic heterocycles. The SMILES string of the molecule is CC1(C)NC(=O)c2sc(-c3ccnc4ccoc34)c3c2N1CCO3. The molecule has 0 unspecified atom stereocenters. The molecule has 0 spiro atoms. The Bertz CT molecular complexity index is 988. The van der Waals surface area contributed by atoms with Crippen LogP contribution in [0.2, 0.25) is 0 Å². The van der Waals surface area contributed by atoms with E-state index in [0.29, 0.717) is 17.1 Å². The minimum Gasteiger partial charge on any atom is -0.488 e. The third-order valence-electron chi connectivity index (χ3n) is 4.56. The molecule has 0 saturated carbocycles. The van der Waals surface area contributed by atoms with Crippen LogP contribution in [-0.2, 0) is 0 Å². The van der Waals surface area contributed by atoms with Gasteiger partial charge in [-0.1, -0.05) is 0 Å². The number of carbonyl (C=O) groups is 1. The number of nitrogens with zero attached hydrogens (tertiary/aromatic N) is 2. The van der Waals surface area contributed by atoms with Crippen molar-refractivity contribution in [3.8, 4) is 16.2 Å². The minimum absolute atomic E-state index is 0.0565. The highest BCUT2D eigenvalue weighted by Crippen LogP contribution is 2.53. The van der Waals surface area contributed by atoms with Gasteiger partial charge >= 0.3 is 0 Å². The zero-order chi connectivity index (χ0) is 16.5. The fourth-order valence-electron chi connectivity index (χ4n) is 3.48. The second kappa shape index (κ2) is 4.51. The van der Waals surface area contributed by atoms with Gasteiger partial charge < -0.3 is 19.4 Å². The third kappa shape index (κ3) is 1.70. The first-order chi connectivity index (χ1) is 11.6. The zero-order valence-corrected chi connectivity index (χ0v) is 14.1. The molecule has 0 fully saturated rings. The molecule has 5 rings (SSSR count). The van der Waals surface area contributed by atoms with Gasteiger partial charge in [0.2, 0.25) is 0 Å². The molecule has 0 aliphatic carbocycles. The Hall–Kier alpha value is -2.54. The van der Waals surface area contributed by atoms with Crippen LogP contribution >= 0.6 is 11.3 Å². The molecular weight excluding hydrogens is 326 g/mol. The van der Waals surface area contributed by atoms with E-state index in [4.69, 9.17) is 9.15 Å². The molecule has 3 aromatic heterocycles. The van der Waals surface area contributed by atoms with E-state index in [9.17, 15) is 4.79 Å². The summed E-state index contributed by atoms with van der Waals surface area (Å²) in [5.74, 6) is 0.715. The van der Waals surface area contributed by atoms with Gasteiger partial charge in [-0.3, -0.25) is 9.78 Å². The standard InChI is InChI=1S/C17H15N3O3S/c1-17(2)19-16(21)15-11-13(23-8-6-20(11)17)14(24-15)9-3-5-18-10-4-7-22-12(9)10/h3-5,7H,6,8H2,1-2H3,(H,19,21). The molecule has 2 aliphatic rings. The summed E-state index contributed by atoms with van der Waals surface area (Å²) in [6.07, 6.45) is 3.38. The fourth-order valence-corrected chi connectivity index (χ4v) is 4.65. The first-order valence-electron chi connectivity index (χ1n) is 7.78. The van der Waals surface area contributed by atoms with Crippen LogP contribution in [-0.4, -0.2) is 29.7 Å². The van der Waals surface area contributed by atoms with Crippen LogP contribution in [0.15, 0.2) is 29.0 Å². The Morgan fingerprint density at radius 2 is 2.21 bits per heavy atom. The number of hydrogen-bond donors (Lipinski definition) is 1. The molecule has 24 heavy (non-hydrogen) atoms. The zero-order valence-electron chi connectivity index (χ0n) is 13.3. The van der Waals surface area contributed by atoms with Crippen molar-refractivity contribution in [2.75, 3.05) is 18.1 Å². The number of anilines is 1. The summed E-state index contributed by atoms with van der Waals surface area (Å²) < 4.78 is 11.6. The van der Waals surface area contributed by atoms with Crippen molar-refractivity contribution in [1.29, 1.82) is 0 Å². The summed E-state index contributed by atoms with van der Waals surface area (Å²) in [6, 6.07) is 3.74. The Morgan fingerprint density at radius 1 is 1.33 bits per heavy atom. The van der Waals surface area contributed by atoms with E-state index in [1.165, 1.54) is 11.3 Å². The molecule has 0 bridgehead atoms. The summed E-state index contributed by atoms with van der Waals surface area (Å²) >= 11 is 1.44. The van der Waals surface area contributed by atoms with Gasteiger partial charge in [0, 0.05) is 17.8 Å². The summed E-state index contributed by atoms with van der Waals surface area (Å²) in [4.78, 5) is 20.7. The molecule has 5 heterocycles. The van der Waals surface area contributed by atoms with Crippen molar-refractivity contribution in [2.45, 2.75) is 19.5 Å². The van der Waals surface area contributed by atoms with E-state index in [0.717, 1.165) is 33.9 Å². The number of fused-ring (bicyclic) bond motifs is 1. The number of rotatable bonds is 1. The van der Waals surface area contributed by atoms with Crippen LogP contribution in [0, 0.1) is 0 Å². The first-order valence-corrected chi connectivity index (χ1v) is 8.60. The van der Waals surface area contributed by atoms with Gasteiger partial charge in [0.25, 0.3) is 5.91 Å². The van der Waals surface area contributed by atoms with Crippen LogP contribution < -0.4 is 15.0 Å². The number of thiophene rings is 1. The molecule has 0 radical (unpaired) electrons. The largest absolute Gasteiger partial charge is 0.488 e. The molecule has 122 valence electrons. The average Bonchev–Trinajstić information content (AvgIpc) is 3.17. The Morgan fingerprint density at radius 3 is 3.08 bits per heavy atom. The van der Waals surface area contributed by atoms with E-state index in [1.54, 1.807) is 12.5 Å². The fraction of sp³-hybridized carbons (Fsp3) is 0.294. The molecule has 3 aromatic rings. The minimum atomic E-state index is -0.431. The molecule has 1 N–H and O–H groups in total. The third-order valence-corrected chi connectivity index (χ3v) is 5.75. The van der Waals surface area contributed by atoms with E-state index in [2.05, 4.69) is 15.2 Å². The normalized spacial score (nSPS) is 18.2. The highest BCUT2D eigenvalue weighted by atomic mass is 32.1. The lowest BCUT2D eigenvalue weighted by Gasteiger charge is -2.45. The number of nitrogens with one attached hydrogen (secondary N) is 1. The summed E-state index contributed by atoms with van der Waals surface area (Å²) in [6.45, 7) is 5.35. The molecule has 7 heteroatoms. The van der Waals surface area contributed by atoms with Crippen molar-refractivity contribution < 1.29 is 13.9 Å². The number of pyridine rings is 1. The first kappa shape index (κ1) is 13.9. The van der Waals surface area contributed by atoms with Crippen molar-refractivity contribution in [1.82, 2.24) is 10.3 Å². The number of amides is 1. The Kier molecular flexibility index (Phi) is 2.60. The predicted molar refractivity (Wildman–Crippen MR) is 91.7 cm³/mol. The van der Waals surface area contributed by atoms with Crippen molar-refractivity contribution in [3.63, 3.8) is 0 Å². The summed E-state index contributed by atoms with van der Waals surface area (Å²) in [7, 11) is 0. The average molecular weight is 341 g/mol. The van der Waals surface area contributed by atoms with E-state index >= 15 is 0 Å². The Balaban J connectivity index is 1.80. The highest BCUT2D eigenvalue weighted by Gasteiger charge is 2.43. The van der Waals surface area contributed by atoms with Crippen molar-refractivity contribution in [3.05, 3.63) is 29.5 Å². The van der Waals surface area contributed by atoms with Crippen LogP contribution in [0.3, 0.4) is 0 Å². The lowest BCUT2D eigenvalue weighted by atomic mass is 10.0. The summed E-state index contributed by atoms with van der Waals surface area (Å²) in [5, 5.41) is 3.08. The molecular formula is C17H15N3O3S. The number of aromatic nitrogens is 1. The smallest absolute Gasteiger partial charge is 0.265 e. The van der Waals surface area contributed by atoms with Gasteiger partial charge in [-0.05, 0) is 19.9 Å².